The first-order valence-electron chi connectivity index (χ1n) is 5.96. The topological polar surface area (TPSA) is 25.2 Å². The number of halogens is 1. The van der Waals surface area contributed by atoms with E-state index in [1.807, 2.05) is 25.1 Å². The highest BCUT2D eigenvalue weighted by molar-refractivity contribution is 6.31. The van der Waals surface area contributed by atoms with Crippen molar-refractivity contribution in [3.63, 3.8) is 0 Å². The third kappa shape index (κ3) is 2.48. The zero-order valence-electron chi connectivity index (χ0n) is 10.4. The van der Waals surface area contributed by atoms with E-state index < -0.39 is 0 Å². The van der Waals surface area contributed by atoms with Crippen molar-refractivity contribution >= 4 is 22.5 Å². The zero-order valence-corrected chi connectivity index (χ0v) is 11.2. The van der Waals surface area contributed by atoms with E-state index in [0.29, 0.717) is 12.5 Å². The van der Waals surface area contributed by atoms with E-state index in [4.69, 9.17) is 11.6 Å². The number of hydrogen-bond donors (Lipinski definition) is 1. The number of fused-ring (bicyclic) bond motifs is 1. The maximum atomic E-state index is 9.55. The third-order valence-corrected chi connectivity index (χ3v) is 3.14. The molecule has 2 aromatic rings. The van der Waals surface area contributed by atoms with Gasteiger partial charge in [0.2, 0.25) is 0 Å². The molecule has 1 heterocycles. The summed E-state index contributed by atoms with van der Waals surface area (Å²) in [6, 6.07) is 8.43. The van der Waals surface area contributed by atoms with Gasteiger partial charge in [0.1, 0.15) is 0 Å². The van der Waals surface area contributed by atoms with Crippen molar-refractivity contribution in [2.24, 2.45) is 0 Å². The highest BCUT2D eigenvalue weighted by Crippen LogP contribution is 2.27. The zero-order chi connectivity index (χ0) is 12.6. The second kappa shape index (κ2) is 4.71. The van der Waals surface area contributed by atoms with Crippen LogP contribution in [0.3, 0.4) is 0 Å². The van der Waals surface area contributed by atoms with Gasteiger partial charge in [-0.15, -0.1) is 0 Å². The predicted molar refractivity (Wildman–Crippen MR) is 72.7 cm³/mol. The summed E-state index contributed by atoms with van der Waals surface area (Å²) in [4.78, 5) is 0. The Kier molecular flexibility index (Phi) is 3.45. The van der Waals surface area contributed by atoms with E-state index in [2.05, 4.69) is 24.5 Å². The molecule has 0 aliphatic carbocycles. The van der Waals surface area contributed by atoms with Crippen LogP contribution in [0.5, 0.6) is 0 Å². The van der Waals surface area contributed by atoms with Gasteiger partial charge in [-0.1, -0.05) is 11.6 Å². The quantitative estimate of drug-likeness (QED) is 0.882. The molecule has 2 nitrogen and oxygen atoms in total. The van der Waals surface area contributed by atoms with Crippen LogP contribution in [0.4, 0.5) is 0 Å². The largest absolute Gasteiger partial charge is 0.393 e. The Morgan fingerprint density at radius 3 is 2.53 bits per heavy atom. The summed E-state index contributed by atoms with van der Waals surface area (Å²) >= 11 is 6.01. The van der Waals surface area contributed by atoms with E-state index in [0.717, 1.165) is 16.1 Å². The lowest BCUT2D eigenvalue weighted by atomic mass is 10.2. The molecule has 0 spiro atoms. The number of benzene rings is 1. The highest BCUT2D eigenvalue weighted by Gasteiger charge is 2.13. The Morgan fingerprint density at radius 2 is 1.94 bits per heavy atom. The Morgan fingerprint density at radius 1 is 1.24 bits per heavy atom. The lowest BCUT2D eigenvalue weighted by molar-refractivity contribution is 0.192. The summed E-state index contributed by atoms with van der Waals surface area (Å²) in [6.07, 6.45) is 0.345. The van der Waals surface area contributed by atoms with Crippen LogP contribution in [0, 0.1) is 0 Å². The van der Waals surface area contributed by atoms with E-state index in [9.17, 15) is 5.11 Å². The fourth-order valence-electron chi connectivity index (χ4n) is 2.33. The monoisotopic (exact) mass is 251 g/mol. The molecule has 0 fully saturated rings. The van der Waals surface area contributed by atoms with Gasteiger partial charge in [0.25, 0.3) is 0 Å². The molecule has 1 unspecified atom stereocenters. The summed E-state index contributed by atoms with van der Waals surface area (Å²) < 4.78 is 2.26. The summed E-state index contributed by atoms with van der Waals surface area (Å²) in [5, 5.41) is 11.4. The van der Waals surface area contributed by atoms with Crippen molar-refractivity contribution in [1.82, 2.24) is 4.57 Å². The molecular formula is C14H18ClNO. The van der Waals surface area contributed by atoms with Crippen molar-refractivity contribution in [1.29, 1.82) is 0 Å². The highest BCUT2D eigenvalue weighted by atomic mass is 35.5. The number of aromatic nitrogens is 1. The standard InChI is InChI=1S/C14H18ClNO/c1-9(2)16-13(6-10(3)17)8-11-7-12(15)4-5-14(11)16/h4-5,7-10,17H,6H2,1-3H3. The molecule has 0 saturated carbocycles. The van der Waals surface area contributed by atoms with E-state index in [1.54, 1.807) is 0 Å². The SMILES string of the molecule is CC(O)Cc1cc2cc(Cl)ccc2n1C(C)C. The maximum Gasteiger partial charge on any atom is 0.0566 e. The molecule has 0 bridgehead atoms. The molecule has 17 heavy (non-hydrogen) atoms. The fourth-order valence-corrected chi connectivity index (χ4v) is 2.51. The van der Waals surface area contributed by atoms with Crippen LogP contribution in [0.15, 0.2) is 24.3 Å². The Bertz CT molecular complexity index is 528. The van der Waals surface area contributed by atoms with Crippen LogP contribution < -0.4 is 0 Å². The van der Waals surface area contributed by atoms with E-state index >= 15 is 0 Å². The van der Waals surface area contributed by atoms with Crippen molar-refractivity contribution in [2.45, 2.75) is 39.3 Å². The summed E-state index contributed by atoms with van der Waals surface area (Å²) in [5.41, 5.74) is 2.34. The van der Waals surface area contributed by atoms with E-state index in [1.165, 1.54) is 5.52 Å². The second-order valence-corrected chi connectivity index (χ2v) is 5.29. The summed E-state index contributed by atoms with van der Waals surface area (Å²) in [7, 11) is 0. The molecule has 0 amide bonds. The van der Waals surface area contributed by atoms with Crippen molar-refractivity contribution in [3.8, 4) is 0 Å². The van der Waals surface area contributed by atoms with Gasteiger partial charge in [-0.3, -0.25) is 0 Å². The Labute approximate surface area is 107 Å². The van der Waals surface area contributed by atoms with Crippen LogP contribution in [0.25, 0.3) is 10.9 Å². The van der Waals surface area contributed by atoms with Gasteiger partial charge in [0, 0.05) is 34.1 Å². The van der Waals surface area contributed by atoms with Gasteiger partial charge in [-0.05, 0) is 45.0 Å². The Balaban J connectivity index is 2.61. The van der Waals surface area contributed by atoms with Gasteiger partial charge in [0.05, 0.1) is 6.10 Å². The molecule has 0 aliphatic heterocycles. The van der Waals surface area contributed by atoms with Crippen LogP contribution in [0.1, 0.15) is 32.5 Å². The second-order valence-electron chi connectivity index (χ2n) is 4.86. The molecule has 0 radical (unpaired) electrons. The normalized spacial score (nSPS) is 13.5. The van der Waals surface area contributed by atoms with Crippen molar-refractivity contribution < 1.29 is 5.11 Å². The predicted octanol–water partition coefficient (Wildman–Crippen LogP) is 3.80. The minimum absolute atomic E-state index is 0.327. The molecule has 92 valence electrons. The molecule has 1 aromatic heterocycles. The molecule has 1 aromatic carbocycles. The number of nitrogens with zero attached hydrogens (tertiary/aromatic N) is 1. The van der Waals surface area contributed by atoms with Gasteiger partial charge < -0.3 is 9.67 Å². The summed E-state index contributed by atoms with van der Waals surface area (Å²) in [6.45, 7) is 6.12. The first-order chi connectivity index (χ1) is 7.99. The molecule has 1 N–H and O–H groups in total. The van der Waals surface area contributed by atoms with Gasteiger partial charge >= 0.3 is 0 Å². The average Bonchev–Trinajstić information content (AvgIpc) is 2.53. The summed E-state index contributed by atoms with van der Waals surface area (Å²) in [5.74, 6) is 0. The van der Waals surface area contributed by atoms with Crippen LogP contribution in [-0.4, -0.2) is 15.8 Å². The minimum Gasteiger partial charge on any atom is -0.393 e. The molecule has 2 rings (SSSR count). The lowest BCUT2D eigenvalue weighted by Gasteiger charge is -2.15. The van der Waals surface area contributed by atoms with Gasteiger partial charge in [-0.25, -0.2) is 0 Å². The molecule has 0 aliphatic rings. The van der Waals surface area contributed by atoms with Crippen LogP contribution in [-0.2, 0) is 6.42 Å². The first-order valence-corrected chi connectivity index (χ1v) is 6.34. The first kappa shape index (κ1) is 12.5. The third-order valence-electron chi connectivity index (χ3n) is 2.90. The number of rotatable bonds is 3. The molecule has 0 saturated heterocycles. The van der Waals surface area contributed by atoms with E-state index in [-0.39, 0.29) is 6.10 Å². The smallest absolute Gasteiger partial charge is 0.0566 e. The number of hydrogen-bond acceptors (Lipinski definition) is 1. The molecule has 1 atom stereocenters. The van der Waals surface area contributed by atoms with Crippen molar-refractivity contribution in [2.75, 3.05) is 0 Å². The fraction of sp³-hybridized carbons (Fsp3) is 0.429. The average molecular weight is 252 g/mol. The number of aliphatic hydroxyl groups excluding tert-OH is 1. The molecule has 3 heteroatoms. The van der Waals surface area contributed by atoms with Crippen molar-refractivity contribution in [3.05, 3.63) is 35.0 Å². The Hall–Kier alpha value is -0.990. The van der Waals surface area contributed by atoms with Crippen LogP contribution in [0.2, 0.25) is 5.02 Å². The number of aliphatic hydroxyl groups is 1. The molecular weight excluding hydrogens is 234 g/mol. The van der Waals surface area contributed by atoms with Gasteiger partial charge in [-0.2, -0.15) is 0 Å². The van der Waals surface area contributed by atoms with Gasteiger partial charge in [0.15, 0.2) is 0 Å². The maximum absolute atomic E-state index is 9.55. The lowest BCUT2D eigenvalue weighted by Crippen LogP contribution is -2.11. The minimum atomic E-state index is -0.327. The van der Waals surface area contributed by atoms with Crippen LogP contribution >= 0.6 is 11.6 Å².